The van der Waals surface area contributed by atoms with E-state index in [2.05, 4.69) is 39.4 Å². The van der Waals surface area contributed by atoms with Gasteiger partial charge in [0, 0.05) is 50.8 Å². The first-order valence-electron chi connectivity index (χ1n) is 12.5. The lowest BCUT2D eigenvalue weighted by Crippen LogP contribution is -2.56. The monoisotopic (exact) mass is 463 g/mol. The predicted octanol–water partition coefficient (Wildman–Crippen LogP) is 3.54. The smallest absolute Gasteiger partial charge is 0.249 e. The summed E-state index contributed by atoms with van der Waals surface area (Å²) in [6, 6.07) is 12.5. The van der Waals surface area contributed by atoms with Crippen molar-refractivity contribution in [2.75, 3.05) is 53.4 Å². The largest absolute Gasteiger partial charge is 0.381 e. The van der Waals surface area contributed by atoms with Gasteiger partial charge in [-0.15, -0.1) is 0 Å². The molecule has 0 unspecified atom stereocenters. The summed E-state index contributed by atoms with van der Waals surface area (Å²) in [7, 11) is 1.84. The van der Waals surface area contributed by atoms with E-state index >= 15 is 0 Å². The minimum Gasteiger partial charge on any atom is -0.381 e. The van der Waals surface area contributed by atoms with E-state index in [0.717, 1.165) is 62.2 Å². The number of fused-ring (bicyclic) bond motifs is 3. The molecule has 6 rings (SSSR count). The van der Waals surface area contributed by atoms with Crippen LogP contribution in [0.5, 0.6) is 0 Å². The molecular weight excluding hydrogens is 430 g/mol. The molecule has 34 heavy (non-hydrogen) atoms. The Morgan fingerprint density at radius 2 is 1.68 bits per heavy atom. The lowest BCUT2D eigenvalue weighted by Gasteiger charge is -2.44. The number of anilines is 5. The zero-order chi connectivity index (χ0) is 23.2. The summed E-state index contributed by atoms with van der Waals surface area (Å²) in [5, 5.41) is 3.47. The van der Waals surface area contributed by atoms with Crippen molar-refractivity contribution in [1.29, 1.82) is 0 Å². The summed E-state index contributed by atoms with van der Waals surface area (Å²) in [6.45, 7) is 5.38. The fourth-order valence-corrected chi connectivity index (χ4v) is 5.85. The van der Waals surface area contributed by atoms with E-state index in [9.17, 15) is 4.79 Å². The zero-order valence-electron chi connectivity index (χ0n) is 19.9. The molecule has 1 N–H and O–H groups in total. The third kappa shape index (κ3) is 3.88. The first kappa shape index (κ1) is 21.7. The van der Waals surface area contributed by atoms with E-state index in [-0.39, 0.29) is 18.0 Å². The van der Waals surface area contributed by atoms with Crippen LogP contribution < -0.4 is 20.0 Å². The van der Waals surface area contributed by atoms with Gasteiger partial charge in [0.05, 0.1) is 17.9 Å². The van der Waals surface area contributed by atoms with Gasteiger partial charge in [-0.2, -0.15) is 0 Å². The first-order chi connectivity index (χ1) is 16.6. The highest BCUT2D eigenvalue weighted by Gasteiger charge is 2.39. The van der Waals surface area contributed by atoms with E-state index in [1.807, 2.05) is 26.1 Å². The summed E-state index contributed by atoms with van der Waals surface area (Å²) in [5.41, 5.74) is 3.10. The first-order valence-corrected chi connectivity index (χ1v) is 12.5. The van der Waals surface area contributed by atoms with E-state index in [1.165, 1.54) is 18.5 Å². The summed E-state index contributed by atoms with van der Waals surface area (Å²) >= 11 is 0. The molecule has 8 nitrogen and oxygen atoms in total. The standard InChI is InChI=1S/C26H33N5O3/c1-17-26(32)29(2)23-9-10-24(28-25(23)31(17)20-11-13-33-14-12-20)27-18-3-5-19(6-4-18)30-15-21-7-8-22(16-30)34-21/h3-6,9-10,17,20-22H,7-8,11-16H2,1-2H3,(H,27,28)/t17-,21-,22+/m1/s1. The number of rotatable bonds is 4. The molecule has 1 amide bonds. The van der Waals surface area contributed by atoms with Crippen molar-refractivity contribution in [3.63, 3.8) is 0 Å². The Bertz CT molecular complexity index is 1040. The lowest BCUT2D eigenvalue weighted by molar-refractivity contribution is -0.119. The molecule has 0 spiro atoms. The third-order valence-electron chi connectivity index (χ3n) is 7.70. The van der Waals surface area contributed by atoms with Crippen molar-refractivity contribution in [3.8, 4) is 0 Å². The lowest BCUT2D eigenvalue weighted by atomic mass is 10.0. The minimum atomic E-state index is -0.244. The number of hydrogen-bond donors (Lipinski definition) is 1. The van der Waals surface area contributed by atoms with Crippen LogP contribution in [0.4, 0.5) is 28.7 Å². The van der Waals surface area contributed by atoms with E-state index < -0.39 is 0 Å². The van der Waals surface area contributed by atoms with Crippen LogP contribution in [0.3, 0.4) is 0 Å². The number of morpholine rings is 1. The predicted molar refractivity (Wildman–Crippen MR) is 133 cm³/mol. The Morgan fingerprint density at radius 1 is 0.971 bits per heavy atom. The average molecular weight is 464 g/mol. The van der Waals surface area contributed by atoms with Crippen molar-refractivity contribution in [2.24, 2.45) is 0 Å². The Balaban J connectivity index is 1.23. The van der Waals surface area contributed by atoms with Gasteiger partial charge in [0.25, 0.3) is 0 Å². The number of amides is 1. The Hall–Kier alpha value is -2.84. The van der Waals surface area contributed by atoms with Gasteiger partial charge in [0.15, 0.2) is 5.82 Å². The molecule has 1 aromatic heterocycles. The number of nitrogens with zero attached hydrogens (tertiary/aromatic N) is 4. The summed E-state index contributed by atoms with van der Waals surface area (Å²) in [4.78, 5) is 24.3. The quantitative estimate of drug-likeness (QED) is 0.744. The molecule has 3 fully saturated rings. The molecule has 3 atom stereocenters. The van der Waals surface area contributed by atoms with Gasteiger partial charge in [-0.3, -0.25) is 4.79 Å². The molecule has 180 valence electrons. The fourth-order valence-electron chi connectivity index (χ4n) is 5.85. The maximum atomic E-state index is 12.9. The molecule has 1 aromatic carbocycles. The average Bonchev–Trinajstić information content (AvgIpc) is 3.21. The highest BCUT2D eigenvalue weighted by atomic mass is 16.5. The van der Waals surface area contributed by atoms with Crippen LogP contribution in [0.1, 0.15) is 32.6 Å². The Kier molecular flexibility index (Phi) is 5.57. The molecule has 3 saturated heterocycles. The molecule has 0 saturated carbocycles. The second kappa shape index (κ2) is 8.74. The van der Waals surface area contributed by atoms with Gasteiger partial charge in [0.1, 0.15) is 11.9 Å². The summed E-state index contributed by atoms with van der Waals surface area (Å²) in [5.74, 6) is 1.75. The molecule has 2 bridgehead atoms. The van der Waals surface area contributed by atoms with Gasteiger partial charge in [-0.1, -0.05) is 0 Å². The number of carbonyl (C=O) groups excluding carboxylic acids is 1. The van der Waals surface area contributed by atoms with Gasteiger partial charge >= 0.3 is 0 Å². The highest BCUT2D eigenvalue weighted by molar-refractivity contribution is 6.04. The van der Waals surface area contributed by atoms with Crippen molar-refractivity contribution in [2.45, 2.75) is 56.9 Å². The number of benzene rings is 1. The number of ether oxygens (including phenoxy) is 2. The van der Waals surface area contributed by atoms with Crippen molar-refractivity contribution >= 4 is 34.6 Å². The van der Waals surface area contributed by atoms with Crippen molar-refractivity contribution in [1.82, 2.24) is 4.98 Å². The maximum Gasteiger partial charge on any atom is 0.249 e. The molecule has 4 aliphatic heterocycles. The Morgan fingerprint density at radius 3 is 2.38 bits per heavy atom. The van der Waals surface area contributed by atoms with Gasteiger partial charge in [-0.25, -0.2) is 4.98 Å². The molecule has 2 aromatic rings. The van der Waals surface area contributed by atoms with Crippen LogP contribution in [-0.4, -0.2) is 68.5 Å². The van der Waals surface area contributed by atoms with E-state index in [0.29, 0.717) is 12.2 Å². The molecule has 4 aliphatic rings. The topological polar surface area (TPSA) is 70.2 Å². The van der Waals surface area contributed by atoms with Crippen LogP contribution in [0, 0.1) is 0 Å². The number of hydrogen-bond acceptors (Lipinski definition) is 7. The Labute approximate surface area is 200 Å². The second-order valence-electron chi connectivity index (χ2n) is 9.90. The SMILES string of the molecule is C[C@@H]1C(=O)N(C)c2ccc(Nc3ccc(N4C[C@H]5CC[C@@H](C4)O5)cc3)nc2N1C1CCOCC1. The number of aromatic nitrogens is 1. The van der Waals surface area contributed by atoms with Crippen LogP contribution in [0.15, 0.2) is 36.4 Å². The van der Waals surface area contributed by atoms with E-state index in [1.54, 1.807) is 4.90 Å². The molecule has 0 radical (unpaired) electrons. The molecule has 8 heteroatoms. The van der Waals surface area contributed by atoms with Crippen LogP contribution >= 0.6 is 0 Å². The zero-order valence-corrected chi connectivity index (χ0v) is 19.9. The van der Waals surface area contributed by atoms with Crippen LogP contribution in [0.2, 0.25) is 0 Å². The summed E-state index contributed by atoms with van der Waals surface area (Å²) < 4.78 is 11.5. The maximum absolute atomic E-state index is 12.9. The highest BCUT2D eigenvalue weighted by Crippen LogP contribution is 2.38. The number of likely N-dealkylation sites (N-methyl/N-ethyl adjacent to an activating group) is 1. The number of pyridine rings is 1. The fraction of sp³-hybridized carbons (Fsp3) is 0.538. The number of nitrogens with one attached hydrogen (secondary N) is 1. The van der Waals surface area contributed by atoms with Gasteiger partial charge in [-0.05, 0) is 69.0 Å². The van der Waals surface area contributed by atoms with E-state index in [4.69, 9.17) is 14.5 Å². The number of carbonyl (C=O) groups is 1. The van der Waals surface area contributed by atoms with Crippen LogP contribution in [0.25, 0.3) is 0 Å². The van der Waals surface area contributed by atoms with Crippen molar-refractivity contribution < 1.29 is 14.3 Å². The van der Waals surface area contributed by atoms with Gasteiger partial charge < -0.3 is 29.5 Å². The normalized spacial score (nSPS) is 27.2. The molecular formula is C26H33N5O3. The van der Waals surface area contributed by atoms with Gasteiger partial charge in [0.2, 0.25) is 5.91 Å². The van der Waals surface area contributed by atoms with Crippen molar-refractivity contribution in [3.05, 3.63) is 36.4 Å². The third-order valence-corrected chi connectivity index (χ3v) is 7.70. The molecule has 0 aliphatic carbocycles. The van der Waals surface area contributed by atoms with Crippen LogP contribution in [-0.2, 0) is 14.3 Å². The second-order valence-corrected chi connectivity index (χ2v) is 9.90. The summed E-state index contributed by atoms with van der Waals surface area (Å²) in [6.07, 6.45) is 4.92. The minimum absolute atomic E-state index is 0.105. The molecule has 5 heterocycles.